The lowest BCUT2D eigenvalue weighted by molar-refractivity contribution is 0.197. The summed E-state index contributed by atoms with van der Waals surface area (Å²) in [6.45, 7) is 2.32. The maximum atomic E-state index is 12.5. The van der Waals surface area contributed by atoms with E-state index in [2.05, 4.69) is 10.3 Å². The summed E-state index contributed by atoms with van der Waals surface area (Å²) in [7, 11) is 0. The fourth-order valence-electron chi connectivity index (χ4n) is 2.53. The molecule has 1 N–H and O–H groups in total. The van der Waals surface area contributed by atoms with Gasteiger partial charge in [-0.2, -0.15) is 11.8 Å². The molecule has 116 valence electrons. The van der Waals surface area contributed by atoms with Crippen molar-refractivity contribution in [2.24, 2.45) is 0 Å². The molecule has 3 rings (SSSR count). The van der Waals surface area contributed by atoms with E-state index in [-0.39, 0.29) is 12.1 Å². The smallest absolute Gasteiger partial charge is 0.317 e. The third kappa shape index (κ3) is 3.82. The molecule has 6 heteroatoms. The molecule has 1 aliphatic rings. The first-order chi connectivity index (χ1) is 10.8. The highest BCUT2D eigenvalue weighted by Gasteiger charge is 2.21. The maximum Gasteiger partial charge on any atom is 0.317 e. The molecule has 1 aromatic carbocycles. The molecule has 1 aromatic heterocycles. The lowest BCUT2D eigenvalue weighted by Gasteiger charge is -2.29. The average molecular weight is 316 g/mol. The zero-order valence-corrected chi connectivity index (χ0v) is 13.2. The van der Waals surface area contributed by atoms with E-state index in [1.165, 1.54) is 0 Å². The largest absolute Gasteiger partial charge is 0.335 e. The number of urea groups is 1. The highest BCUT2D eigenvalue weighted by molar-refractivity contribution is 7.99. The normalized spacial score (nSPS) is 16.3. The van der Waals surface area contributed by atoms with Gasteiger partial charge in [-0.1, -0.05) is 30.3 Å². The molecule has 0 unspecified atom stereocenters. The van der Waals surface area contributed by atoms with Crippen LogP contribution in [-0.2, 0) is 6.54 Å². The van der Waals surface area contributed by atoms with Crippen LogP contribution >= 0.6 is 11.8 Å². The summed E-state index contributed by atoms with van der Waals surface area (Å²) in [5.41, 5.74) is 1.11. The van der Waals surface area contributed by atoms with Crippen LogP contribution in [0.1, 0.15) is 11.6 Å². The predicted molar refractivity (Wildman–Crippen MR) is 88.8 cm³/mol. The second-order valence-corrected chi connectivity index (χ2v) is 6.50. The quantitative estimate of drug-likeness (QED) is 0.942. The van der Waals surface area contributed by atoms with E-state index in [4.69, 9.17) is 0 Å². The molecule has 0 aliphatic carbocycles. The van der Waals surface area contributed by atoms with E-state index >= 15 is 0 Å². The van der Waals surface area contributed by atoms with Gasteiger partial charge in [0.1, 0.15) is 0 Å². The molecule has 0 radical (unpaired) electrons. The zero-order valence-electron chi connectivity index (χ0n) is 12.4. The van der Waals surface area contributed by atoms with Crippen LogP contribution in [0.2, 0.25) is 0 Å². The van der Waals surface area contributed by atoms with Crippen molar-refractivity contribution in [3.05, 3.63) is 54.6 Å². The van der Waals surface area contributed by atoms with Gasteiger partial charge in [-0.25, -0.2) is 9.78 Å². The maximum absolute atomic E-state index is 12.5. The van der Waals surface area contributed by atoms with Crippen LogP contribution in [-0.4, -0.2) is 45.1 Å². The van der Waals surface area contributed by atoms with Crippen LogP contribution < -0.4 is 5.32 Å². The Morgan fingerprint density at radius 2 is 2.05 bits per heavy atom. The molecular weight excluding hydrogens is 296 g/mol. The lowest BCUT2D eigenvalue weighted by Crippen LogP contribution is -2.46. The molecule has 2 aromatic rings. The van der Waals surface area contributed by atoms with Crippen LogP contribution in [0.5, 0.6) is 0 Å². The van der Waals surface area contributed by atoms with Crippen molar-refractivity contribution in [1.82, 2.24) is 19.8 Å². The second kappa shape index (κ2) is 7.35. The number of nitrogens with one attached hydrogen (secondary N) is 1. The van der Waals surface area contributed by atoms with Crippen LogP contribution in [0.3, 0.4) is 0 Å². The molecule has 1 atom stereocenters. The Morgan fingerprint density at radius 3 is 2.73 bits per heavy atom. The fraction of sp³-hybridized carbons (Fsp3) is 0.375. The van der Waals surface area contributed by atoms with Crippen LogP contribution in [0.4, 0.5) is 4.79 Å². The molecule has 1 fully saturated rings. The van der Waals surface area contributed by atoms with Gasteiger partial charge >= 0.3 is 6.03 Å². The number of carbonyl (C=O) groups is 1. The molecule has 5 nitrogen and oxygen atoms in total. The number of aromatic nitrogens is 2. The Hall–Kier alpha value is -1.95. The number of imidazole rings is 1. The Bertz CT molecular complexity index is 581. The number of hydrogen-bond acceptors (Lipinski definition) is 3. The molecule has 2 heterocycles. The first-order valence-electron chi connectivity index (χ1n) is 7.47. The third-order valence-electron chi connectivity index (χ3n) is 3.75. The van der Waals surface area contributed by atoms with Gasteiger partial charge in [-0.3, -0.25) is 0 Å². The Labute approximate surface area is 134 Å². The molecule has 2 amide bonds. The fourth-order valence-corrected chi connectivity index (χ4v) is 3.44. The average Bonchev–Trinajstić information content (AvgIpc) is 3.09. The van der Waals surface area contributed by atoms with Gasteiger partial charge in [0.05, 0.1) is 12.4 Å². The topological polar surface area (TPSA) is 50.2 Å². The van der Waals surface area contributed by atoms with Gasteiger partial charge in [-0.05, 0) is 5.56 Å². The van der Waals surface area contributed by atoms with Crippen molar-refractivity contribution in [1.29, 1.82) is 0 Å². The number of amides is 2. The standard InChI is InChI=1S/C16H20N4OS/c21-16(20-8-10-22-11-9-20)18-15(12-19-7-6-17-13-19)14-4-2-1-3-5-14/h1-7,13,15H,8-12H2,(H,18,21)/t15-/m1/s1. The minimum Gasteiger partial charge on any atom is -0.335 e. The zero-order chi connectivity index (χ0) is 15.2. The van der Waals surface area contributed by atoms with Crippen molar-refractivity contribution in [2.45, 2.75) is 12.6 Å². The summed E-state index contributed by atoms with van der Waals surface area (Å²) in [5, 5.41) is 3.17. The lowest BCUT2D eigenvalue weighted by atomic mass is 10.1. The van der Waals surface area contributed by atoms with E-state index in [1.807, 2.05) is 57.8 Å². The minimum absolute atomic E-state index is 0.0225. The van der Waals surface area contributed by atoms with Gasteiger partial charge in [-0.15, -0.1) is 0 Å². The SMILES string of the molecule is O=C(N[C@H](Cn1ccnc1)c1ccccc1)N1CCSCC1. The van der Waals surface area contributed by atoms with E-state index < -0.39 is 0 Å². The van der Waals surface area contributed by atoms with Gasteiger partial charge in [0.15, 0.2) is 0 Å². The van der Waals surface area contributed by atoms with Crippen LogP contribution in [0.25, 0.3) is 0 Å². The summed E-state index contributed by atoms with van der Waals surface area (Å²) in [6, 6.07) is 10.1. The van der Waals surface area contributed by atoms with Crippen LogP contribution in [0.15, 0.2) is 49.1 Å². The Kier molecular flexibility index (Phi) is 5.00. The van der Waals surface area contributed by atoms with Gasteiger partial charge < -0.3 is 14.8 Å². The van der Waals surface area contributed by atoms with Crippen molar-refractivity contribution >= 4 is 17.8 Å². The second-order valence-electron chi connectivity index (χ2n) is 5.27. The van der Waals surface area contributed by atoms with E-state index in [1.54, 1.807) is 12.5 Å². The highest BCUT2D eigenvalue weighted by atomic mass is 32.2. The van der Waals surface area contributed by atoms with Gasteiger partial charge in [0, 0.05) is 43.5 Å². The number of nitrogens with zero attached hydrogens (tertiary/aromatic N) is 3. The summed E-state index contributed by atoms with van der Waals surface area (Å²) >= 11 is 1.90. The molecular formula is C16H20N4OS. The number of thioether (sulfide) groups is 1. The highest BCUT2D eigenvalue weighted by Crippen LogP contribution is 2.16. The first kappa shape index (κ1) is 15.0. The summed E-state index contributed by atoms with van der Waals surface area (Å²) in [4.78, 5) is 18.5. The molecule has 1 saturated heterocycles. The molecule has 0 saturated carbocycles. The van der Waals surface area contributed by atoms with E-state index in [0.717, 1.165) is 30.2 Å². The summed E-state index contributed by atoms with van der Waals surface area (Å²) in [5.74, 6) is 2.04. The van der Waals surface area contributed by atoms with E-state index in [0.29, 0.717) is 6.54 Å². The number of carbonyl (C=O) groups excluding carboxylic acids is 1. The summed E-state index contributed by atoms with van der Waals surface area (Å²) < 4.78 is 1.99. The molecule has 1 aliphatic heterocycles. The minimum atomic E-state index is -0.0579. The summed E-state index contributed by atoms with van der Waals surface area (Å²) in [6.07, 6.45) is 5.45. The third-order valence-corrected chi connectivity index (χ3v) is 4.69. The monoisotopic (exact) mass is 316 g/mol. The van der Waals surface area contributed by atoms with Crippen LogP contribution in [0, 0.1) is 0 Å². The van der Waals surface area contributed by atoms with Crippen molar-refractivity contribution in [2.75, 3.05) is 24.6 Å². The van der Waals surface area contributed by atoms with Crippen molar-refractivity contribution in [3.63, 3.8) is 0 Å². The number of benzene rings is 1. The Morgan fingerprint density at radius 1 is 1.27 bits per heavy atom. The molecule has 22 heavy (non-hydrogen) atoms. The van der Waals surface area contributed by atoms with E-state index in [9.17, 15) is 4.79 Å². The van der Waals surface area contributed by atoms with Gasteiger partial charge in [0.2, 0.25) is 0 Å². The van der Waals surface area contributed by atoms with Gasteiger partial charge in [0.25, 0.3) is 0 Å². The number of hydrogen-bond donors (Lipinski definition) is 1. The molecule has 0 spiro atoms. The predicted octanol–water partition coefficient (Wildman–Crippen LogP) is 2.38. The van der Waals surface area contributed by atoms with Crippen molar-refractivity contribution < 1.29 is 4.79 Å². The Balaban J connectivity index is 1.71. The first-order valence-corrected chi connectivity index (χ1v) is 8.62. The number of rotatable bonds is 4. The van der Waals surface area contributed by atoms with Crippen molar-refractivity contribution in [3.8, 4) is 0 Å². The molecule has 0 bridgehead atoms.